The van der Waals surface area contributed by atoms with Crippen LogP contribution in [0, 0.1) is 5.82 Å². The standard InChI is InChI=1S/C27H23F4N3O/c28-24-10-9-22(20-6-2-3-7-21(20)24)26(35)33-14-11-18(12-15-33)25-32-13-16-34(25)17-19-5-1-4-8-23(19)27(29,30)31/h1-10,13,16,18H,11-12,14-15,17H2. The maximum absolute atomic E-state index is 14.2. The molecule has 180 valence electrons. The highest BCUT2D eigenvalue weighted by Gasteiger charge is 2.33. The van der Waals surface area contributed by atoms with Gasteiger partial charge in [0.05, 0.1) is 5.56 Å². The number of nitrogens with zero attached hydrogens (tertiary/aromatic N) is 3. The Kier molecular flexibility index (Phi) is 6.05. The Bertz CT molecular complexity index is 1370. The summed E-state index contributed by atoms with van der Waals surface area (Å²) in [5.41, 5.74) is 0.00681. The zero-order valence-corrected chi connectivity index (χ0v) is 18.8. The second kappa shape index (κ2) is 9.17. The Balaban J connectivity index is 1.31. The molecule has 2 heterocycles. The van der Waals surface area contributed by atoms with Crippen molar-refractivity contribution in [2.75, 3.05) is 13.1 Å². The highest BCUT2D eigenvalue weighted by molar-refractivity contribution is 6.07. The van der Waals surface area contributed by atoms with Crippen LogP contribution in [-0.2, 0) is 12.7 Å². The SMILES string of the molecule is O=C(c1ccc(F)c2ccccc12)N1CCC(c2nccn2Cc2ccccc2C(F)(F)F)CC1. The van der Waals surface area contributed by atoms with E-state index in [4.69, 9.17) is 0 Å². The van der Waals surface area contributed by atoms with Gasteiger partial charge in [-0.3, -0.25) is 4.79 Å². The monoisotopic (exact) mass is 481 g/mol. The van der Waals surface area contributed by atoms with Crippen LogP contribution in [0.1, 0.15) is 46.1 Å². The van der Waals surface area contributed by atoms with Crippen molar-refractivity contribution >= 4 is 16.7 Å². The minimum Gasteiger partial charge on any atom is -0.339 e. The van der Waals surface area contributed by atoms with Crippen molar-refractivity contribution in [3.8, 4) is 0 Å². The van der Waals surface area contributed by atoms with Gasteiger partial charge in [-0.2, -0.15) is 13.2 Å². The van der Waals surface area contributed by atoms with Crippen molar-refractivity contribution in [3.05, 3.63) is 101 Å². The van der Waals surface area contributed by atoms with E-state index in [1.165, 1.54) is 24.3 Å². The fourth-order valence-corrected chi connectivity index (χ4v) is 4.89. The number of imidazole rings is 1. The van der Waals surface area contributed by atoms with Gasteiger partial charge >= 0.3 is 6.18 Å². The Labute approximate surface area is 199 Å². The number of hydrogen-bond donors (Lipinski definition) is 0. The van der Waals surface area contributed by atoms with Crippen molar-refractivity contribution in [1.82, 2.24) is 14.5 Å². The summed E-state index contributed by atoms with van der Waals surface area (Å²) in [7, 11) is 0. The maximum Gasteiger partial charge on any atom is 0.416 e. The molecular formula is C27H23F4N3O. The molecule has 4 aromatic rings. The van der Waals surface area contributed by atoms with Crippen LogP contribution in [0.4, 0.5) is 17.6 Å². The summed E-state index contributed by atoms with van der Waals surface area (Å²) >= 11 is 0. The number of hydrogen-bond acceptors (Lipinski definition) is 2. The molecule has 1 aliphatic rings. The number of amides is 1. The summed E-state index contributed by atoms with van der Waals surface area (Å²) in [6, 6.07) is 15.3. The minimum absolute atomic E-state index is 0.0251. The van der Waals surface area contributed by atoms with E-state index in [2.05, 4.69) is 4.98 Å². The van der Waals surface area contributed by atoms with Crippen LogP contribution in [0.15, 0.2) is 73.1 Å². The second-order valence-corrected chi connectivity index (χ2v) is 8.78. The topological polar surface area (TPSA) is 38.1 Å². The predicted molar refractivity (Wildman–Crippen MR) is 125 cm³/mol. The van der Waals surface area contributed by atoms with E-state index >= 15 is 0 Å². The summed E-state index contributed by atoms with van der Waals surface area (Å²) < 4.78 is 56.2. The third-order valence-corrected chi connectivity index (χ3v) is 6.66. The molecule has 0 spiro atoms. The van der Waals surface area contributed by atoms with E-state index in [9.17, 15) is 22.4 Å². The fourth-order valence-electron chi connectivity index (χ4n) is 4.89. The molecule has 1 aromatic heterocycles. The number of piperidine rings is 1. The lowest BCUT2D eigenvalue weighted by Crippen LogP contribution is -2.38. The molecule has 1 amide bonds. The molecule has 0 atom stereocenters. The molecule has 0 aliphatic carbocycles. The van der Waals surface area contributed by atoms with Crippen LogP contribution in [0.2, 0.25) is 0 Å². The molecule has 1 fully saturated rings. The molecule has 4 nitrogen and oxygen atoms in total. The van der Waals surface area contributed by atoms with Crippen molar-refractivity contribution in [2.45, 2.75) is 31.5 Å². The largest absolute Gasteiger partial charge is 0.416 e. The van der Waals surface area contributed by atoms with Crippen LogP contribution < -0.4 is 0 Å². The summed E-state index contributed by atoms with van der Waals surface area (Å²) in [4.78, 5) is 19.4. The van der Waals surface area contributed by atoms with Gasteiger partial charge in [-0.25, -0.2) is 9.37 Å². The van der Waals surface area contributed by atoms with Crippen molar-refractivity contribution in [2.24, 2.45) is 0 Å². The number of rotatable bonds is 4. The maximum atomic E-state index is 14.2. The van der Waals surface area contributed by atoms with Gasteiger partial charge in [0.25, 0.3) is 5.91 Å². The van der Waals surface area contributed by atoms with Crippen molar-refractivity contribution < 1.29 is 22.4 Å². The highest BCUT2D eigenvalue weighted by atomic mass is 19.4. The normalized spacial score (nSPS) is 15.0. The van der Waals surface area contributed by atoms with Crippen LogP contribution >= 0.6 is 0 Å². The number of likely N-dealkylation sites (tertiary alicyclic amines) is 1. The third-order valence-electron chi connectivity index (χ3n) is 6.66. The van der Waals surface area contributed by atoms with E-state index in [0.29, 0.717) is 42.3 Å². The Morgan fingerprint density at radius 1 is 0.943 bits per heavy atom. The van der Waals surface area contributed by atoms with Gasteiger partial charge in [0, 0.05) is 48.9 Å². The molecule has 35 heavy (non-hydrogen) atoms. The van der Waals surface area contributed by atoms with Gasteiger partial charge in [-0.1, -0.05) is 42.5 Å². The number of aromatic nitrogens is 2. The fraction of sp³-hybridized carbons (Fsp3) is 0.259. The van der Waals surface area contributed by atoms with Crippen molar-refractivity contribution in [3.63, 3.8) is 0 Å². The van der Waals surface area contributed by atoms with Crippen LogP contribution in [0.3, 0.4) is 0 Å². The number of halogens is 4. The lowest BCUT2D eigenvalue weighted by atomic mass is 9.94. The van der Waals surface area contributed by atoms with Gasteiger partial charge in [0.2, 0.25) is 0 Å². The van der Waals surface area contributed by atoms with Gasteiger partial charge in [0.15, 0.2) is 0 Å². The lowest BCUT2D eigenvalue weighted by Gasteiger charge is -2.32. The number of carbonyl (C=O) groups excluding carboxylic acids is 1. The van der Waals surface area contributed by atoms with Gasteiger partial charge in [-0.15, -0.1) is 0 Å². The summed E-state index contributed by atoms with van der Waals surface area (Å²) in [6.07, 6.45) is 0.164. The molecule has 0 N–H and O–H groups in total. The Morgan fingerprint density at radius 2 is 1.63 bits per heavy atom. The summed E-state index contributed by atoms with van der Waals surface area (Å²) in [5, 5.41) is 0.993. The smallest absolute Gasteiger partial charge is 0.339 e. The first-order valence-electron chi connectivity index (χ1n) is 11.5. The number of alkyl halides is 3. The molecular weight excluding hydrogens is 458 g/mol. The lowest BCUT2D eigenvalue weighted by molar-refractivity contribution is -0.138. The molecule has 1 saturated heterocycles. The van der Waals surface area contributed by atoms with E-state index < -0.39 is 11.7 Å². The molecule has 0 radical (unpaired) electrons. The van der Waals surface area contributed by atoms with Crippen molar-refractivity contribution in [1.29, 1.82) is 0 Å². The van der Waals surface area contributed by atoms with Gasteiger partial charge in [-0.05, 0) is 42.0 Å². The van der Waals surface area contributed by atoms with Crippen LogP contribution in [-0.4, -0.2) is 33.4 Å². The molecule has 0 unspecified atom stereocenters. The van der Waals surface area contributed by atoms with Gasteiger partial charge in [0.1, 0.15) is 11.6 Å². The highest BCUT2D eigenvalue weighted by Crippen LogP contribution is 2.34. The van der Waals surface area contributed by atoms with E-state index in [0.717, 1.165) is 11.9 Å². The molecule has 0 saturated carbocycles. The molecule has 0 bridgehead atoms. The number of benzene rings is 3. The Hall–Kier alpha value is -3.68. The molecule has 1 aliphatic heterocycles. The molecule has 3 aromatic carbocycles. The first-order valence-corrected chi connectivity index (χ1v) is 11.5. The zero-order valence-electron chi connectivity index (χ0n) is 18.8. The zero-order chi connectivity index (χ0) is 24.6. The van der Waals surface area contributed by atoms with E-state index in [1.807, 2.05) is 0 Å². The number of fused-ring (bicyclic) bond motifs is 1. The van der Waals surface area contributed by atoms with E-state index in [1.54, 1.807) is 52.2 Å². The Morgan fingerprint density at radius 3 is 2.37 bits per heavy atom. The minimum atomic E-state index is -4.42. The predicted octanol–water partition coefficient (Wildman–Crippen LogP) is 6.26. The average molecular weight is 481 g/mol. The quantitative estimate of drug-likeness (QED) is 0.323. The third kappa shape index (κ3) is 4.52. The van der Waals surface area contributed by atoms with Crippen LogP contribution in [0.25, 0.3) is 10.8 Å². The summed E-state index contributed by atoms with van der Waals surface area (Å²) in [5.74, 6) is 0.232. The molecule has 5 rings (SSSR count). The number of carbonyl (C=O) groups is 1. The van der Waals surface area contributed by atoms with E-state index in [-0.39, 0.29) is 29.8 Å². The average Bonchev–Trinajstić information content (AvgIpc) is 3.32. The summed E-state index contributed by atoms with van der Waals surface area (Å²) in [6.45, 7) is 1.05. The van der Waals surface area contributed by atoms with Crippen LogP contribution in [0.5, 0.6) is 0 Å². The first kappa shape index (κ1) is 23.1. The molecule has 8 heteroatoms. The first-order chi connectivity index (χ1) is 16.8. The second-order valence-electron chi connectivity index (χ2n) is 8.78. The van der Waals surface area contributed by atoms with Gasteiger partial charge < -0.3 is 9.47 Å².